The van der Waals surface area contributed by atoms with E-state index in [-0.39, 0.29) is 11.3 Å². The summed E-state index contributed by atoms with van der Waals surface area (Å²) in [7, 11) is 3.41. The summed E-state index contributed by atoms with van der Waals surface area (Å²) in [5.41, 5.74) is 2.90. The van der Waals surface area contributed by atoms with Crippen LogP contribution in [-0.2, 0) is 5.41 Å². The molecule has 0 bridgehead atoms. The second-order valence-corrected chi connectivity index (χ2v) is 11.4. The standard InChI is InChI=1S/C24H35NO2S/c1-22(2)9-7-10-23(3)18(22)8-11-24(4)19(23)14-28-17-13-15(27-6)12-16(20(17)24)21(26)25-5/h12-13,18-19H,7-11,14H2,1-6H3,(H,25,26). The Balaban J connectivity index is 1.87. The molecule has 2 aliphatic carbocycles. The topological polar surface area (TPSA) is 38.3 Å². The second kappa shape index (κ2) is 6.68. The first-order chi connectivity index (χ1) is 13.2. The number of fused-ring (bicyclic) bond motifs is 5. The Labute approximate surface area is 174 Å². The molecule has 154 valence electrons. The van der Waals surface area contributed by atoms with Crippen molar-refractivity contribution in [3.05, 3.63) is 23.3 Å². The third-order valence-electron chi connectivity index (χ3n) is 8.55. The van der Waals surface area contributed by atoms with Gasteiger partial charge in [0.25, 0.3) is 5.91 Å². The van der Waals surface area contributed by atoms with Crippen molar-refractivity contribution in [1.29, 1.82) is 0 Å². The molecule has 1 aliphatic heterocycles. The maximum Gasteiger partial charge on any atom is 0.251 e. The fraction of sp³-hybridized carbons (Fsp3) is 0.708. The highest BCUT2D eigenvalue weighted by atomic mass is 32.2. The van der Waals surface area contributed by atoms with E-state index in [1.54, 1.807) is 14.2 Å². The maximum atomic E-state index is 12.9. The van der Waals surface area contributed by atoms with E-state index in [1.165, 1.54) is 42.6 Å². The van der Waals surface area contributed by atoms with E-state index in [4.69, 9.17) is 4.74 Å². The molecule has 0 saturated heterocycles. The Hall–Kier alpha value is -1.16. The quantitative estimate of drug-likeness (QED) is 0.695. The first-order valence-electron chi connectivity index (χ1n) is 10.7. The minimum atomic E-state index is 0.00822. The molecule has 2 fully saturated rings. The van der Waals surface area contributed by atoms with Crippen LogP contribution in [-0.4, -0.2) is 25.8 Å². The average molecular weight is 402 g/mol. The van der Waals surface area contributed by atoms with Gasteiger partial charge in [-0.15, -0.1) is 11.8 Å². The summed E-state index contributed by atoms with van der Waals surface area (Å²) in [6.45, 7) is 9.98. The fourth-order valence-corrected chi connectivity index (χ4v) is 9.00. The molecule has 3 aliphatic rings. The molecule has 4 heteroatoms. The fourth-order valence-electron chi connectivity index (χ4n) is 7.22. The van der Waals surface area contributed by atoms with Crippen LogP contribution in [0.1, 0.15) is 75.7 Å². The summed E-state index contributed by atoms with van der Waals surface area (Å²) in [5, 5.41) is 2.87. The Kier molecular flexibility index (Phi) is 4.80. The highest BCUT2D eigenvalue weighted by Gasteiger charge is 2.60. The lowest BCUT2D eigenvalue weighted by atomic mass is 9.42. The van der Waals surface area contributed by atoms with Gasteiger partial charge in [-0.3, -0.25) is 4.79 Å². The van der Waals surface area contributed by atoms with Crippen molar-refractivity contribution >= 4 is 17.7 Å². The molecular weight excluding hydrogens is 366 g/mol. The van der Waals surface area contributed by atoms with Gasteiger partial charge in [-0.25, -0.2) is 0 Å². The number of methoxy groups -OCH3 is 1. The number of ether oxygens (including phenoxy) is 1. The molecule has 4 rings (SSSR count). The normalized spacial score (nSPS) is 35.9. The third-order valence-corrected chi connectivity index (χ3v) is 9.69. The van der Waals surface area contributed by atoms with Gasteiger partial charge in [-0.1, -0.05) is 34.1 Å². The molecule has 0 aromatic heterocycles. The lowest BCUT2D eigenvalue weighted by Crippen LogP contribution is -2.58. The van der Waals surface area contributed by atoms with Crippen molar-refractivity contribution in [2.45, 2.75) is 70.1 Å². The summed E-state index contributed by atoms with van der Waals surface area (Å²) in [4.78, 5) is 14.1. The Morgan fingerprint density at radius 2 is 1.89 bits per heavy atom. The first kappa shape index (κ1) is 20.1. The van der Waals surface area contributed by atoms with Crippen LogP contribution in [0.3, 0.4) is 0 Å². The summed E-state index contributed by atoms with van der Waals surface area (Å²) < 4.78 is 5.52. The van der Waals surface area contributed by atoms with Crippen LogP contribution in [0, 0.1) is 22.7 Å². The van der Waals surface area contributed by atoms with Crippen LogP contribution in [0.25, 0.3) is 0 Å². The van der Waals surface area contributed by atoms with Crippen molar-refractivity contribution in [3.8, 4) is 5.75 Å². The van der Waals surface area contributed by atoms with E-state index in [0.29, 0.717) is 16.7 Å². The Bertz CT molecular complexity index is 804. The van der Waals surface area contributed by atoms with Crippen LogP contribution >= 0.6 is 11.8 Å². The molecule has 4 unspecified atom stereocenters. The SMILES string of the molecule is CNC(=O)c1cc(OC)cc2c1C1(C)CCC3C(C)(C)CCCC3(C)C1CS2. The van der Waals surface area contributed by atoms with Gasteiger partial charge in [0.2, 0.25) is 0 Å². The zero-order chi connectivity index (χ0) is 20.3. The van der Waals surface area contributed by atoms with Crippen LogP contribution in [0.5, 0.6) is 5.75 Å². The number of amides is 1. The molecule has 1 aromatic carbocycles. The molecule has 1 heterocycles. The molecular formula is C24H35NO2S. The predicted molar refractivity (Wildman–Crippen MR) is 116 cm³/mol. The first-order valence-corrected chi connectivity index (χ1v) is 11.7. The highest BCUT2D eigenvalue weighted by Crippen LogP contribution is 2.67. The van der Waals surface area contributed by atoms with Gasteiger partial charge in [0.05, 0.1) is 7.11 Å². The molecule has 1 aromatic rings. The Morgan fingerprint density at radius 3 is 2.57 bits per heavy atom. The van der Waals surface area contributed by atoms with Crippen LogP contribution in [0.15, 0.2) is 17.0 Å². The monoisotopic (exact) mass is 401 g/mol. The maximum absolute atomic E-state index is 12.9. The van der Waals surface area contributed by atoms with Gasteiger partial charge in [-0.2, -0.15) is 0 Å². The van der Waals surface area contributed by atoms with Crippen LogP contribution in [0.2, 0.25) is 0 Å². The molecule has 0 spiro atoms. The van der Waals surface area contributed by atoms with Crippen molar-refractivity contribution in [2.75, 3.05) is 19.9 Å². The van der Waals surface area contributed by atoms with E-state index in [0.717, 1.165) is 23.0 Å². The minimum Gasteiger partial charge on any atom is -0.497 e. The van der Waals surface area contributed by atoms with Crippen molar-refractivity contribution < 1.29 is 9.53 Å². The van der Waals surface area contributed by atoms with E-state index in [9.17, 15) is 4.79 Å². The molecule has 2 saturated carbocycles. The molecule has 0 radical (unpaired) electrons. The van der Waals surface area contributed by atoms with Crippen molar-refractivity contribution in [2.24, 2.45) is 22.7 Å². The van der Waals surface area contributed by atoms with Gasteiger partial charge in [-0.05, 0) is 71.5 Å². The van der Waals surface area contributed by atoms with Crippen LogP contribution in [0.4, 0.5) is 0 Å². The number of nitrogens with one attached hydrogen (secondary N) is 1. The largest absolute Gasteiger partial charge is 0.497 e. The van der Waals surface area contributed by atoms with E-state index >= 15 is 0 Å². The number of rotatable bonds is 2. The lowest BCUT2D eigenvalue weighted by Gasteiger charge is -2.64. The number of thioether (sulfide) groups is 1. The zero-order valence-electron chi connectivity index (χ0n) is 18.3. The number of hydrogen-bond acceptors (Lipinski definition) is 3. The number of carbonyl (C=O) groups excluding carboxylic acids is 1. The van der Waals surface area contributed by atoms with Gasteiger partial charge >= 0.3 is 0 Å². The summed E-state index contributed by atoms with van der Waals surface area (Å²) >= 11 is 1.94. The van der Waals surface area contributed by atoms with Gasteiger partial charge in [0, 0.05) is 23.3 Å². The van der Waals surface area contributed by atoms with Crippen molar-refractivity contribution in [1.82, 2.24) is 5.32 Å². The number of benzene rings is 1. The van der Waals surface area contributed by atoms with Gasteiger partial charge in [0.15, 0.2) is 0 Å². The van der Waals surface area contributed by atoms with Crippen molar-refractivity contribution in [3.63, 3.8) is 0 Å². The smallest absolute Gasteiger partial charge is 0.251 e. The molecule has 1 N–H and O–H groups in total. The molecule has 28 heavy (non-hydrogen) atoms. The zero-order valence-corrected chi connectivity index (χ0v) is 19.1. The minimum absolute atomic E-state index is 0.00822. The van der Waals surface area contributed by atoms with Gasteiger partial charge in [0.1, 0.15) is 5.75 Å². The number of hydrogen-bond donors (Lipinski definition) is 1. The summed E-state index contributed by atoms with van der Waals surface area (Å²) in [6.07, 6.45) is 6.43. The molecule has 4 atom stereocenters. The summed E-state index contributed by atoms with van der Waals surface area (Å²) in [6, 6.07) is 4.10. The predicted octanol–water partition coefficient (Wildman–Crippen LogP) is 5.66. The third kappa shape index (κ3) is 2.74. The average Bonchev–Trinajstić information content (AvgIpc) is 2.65. The van der Waals surface area contributed by atoms with Gasteiger partial charge < -0.3 is 10.1 Å². The van der Waals surface area contributed by atoms with Crippen LogP contribution < -0.4 is 10.1 Å². The van der Waals surface area contributed by atoms with E-state index in [1.807, 2.05) is 17.8 Å². The number of carbonyl (C=O) groups is 1. The Morgan fingerprint density at radius 1 is 1.14 bits per heavy atom. The summed E-state index contributed by atoms with van der Waals surface area (Å²) in [5.74, 6) is 3.32. The van der Waals surface area contributed by atoms with E-state index < -0.39 is 0 Å². The van der Waals surface area contributed by atoms with E-state index in [2.05, 4.69) is 39.1 Å². The lowest BCUT2D eigenvalue weighted by molar-refractivity contribution is -0.0974. The molecule has 3 nitrogen and oxygen atoms in total. The molecule has 1 amide bonds. The second-order valence-electron chi connectivity index (χ2n) is 10.3. The highest BCUT2D eigenvalue weighted by molar-refractivity contribution is 7.99.